The molecule has 1 aliphatic heterocycles. The van der Waals surface area contributed by atoms with Gasteiger partial charge in [0.1, 0.15) is 6.29 Å². The molecule has 2 amide bonds. The van der Waals surface area contributed by atoms with Gasteiger partial charge in [-0.3, -0.25) is 19.7 Å². The maximum absolute atomic E-state index is 13.0. The molecule has 34 heavy (non-hydrogen) atoms. The molecular formula is C24H22F2N4O3S. The van der Waals surface area contributed by atoms with Gasteiger partial charge in [0.15, 0.2) is 0 Å². The molecule has 0 spiro atoms. The summed E-state index contributed by atoms with van der Waals surface area (Å²) in [6.07, 6.45) is 1.06. The van der Waals surface area contributed by atoms with Crippen LogP contribution in [0.15, 0.2) is 43.0 Å². The first-order valence-corrected chi connectivity index (χ1v) is 11.8. The molecular weight excluding hydrogens is 462 g/mol. The van der Waals surface area contributed by atoms with Gasteiger partial charge < -0.3 is 9.47 Å². The molecule has 2 fully saturated rings. The number of benzene rings is 1. The monoisotopic (exact) mass is 484 g/mol. The number of halogens is 2. The second kappa shape index (κ2) is 8.75. The van der Waals surface area contributed by atoms with Gasteiger partial charge in [-0.05, 0) is 61.1 Å². The molecule has 2 aliphatic rings. The zero-order valence-electron chi connectivity index (χ0n) is 18.1. The standard InChI is InChI=1S/C24H22F2N4O3S/c1-2-21(32)29-10-14-8-16(9-15(14)11-29)30-18-4-3-13(12-31)7-17(18)27-24(30)28-23(33)20-6-5-19(34-20)22(25)26/h2-7,12,14-16,22H,1,8-11H2,(H,27,28,33). The summed E-state index contributed by atoms with van der Waals surface area (Å²) in [5.41, 5.74) is 1.82. The van der Waals surface area contributed by atoms with Gasteiger partial charge in [0, 0.05) is 24.7 Å². The number of fused-ring (bicyclic) bond motifs is 2. The first kappa shape index (κ1) is 22.4. The number of aromatic nitrogens is 2. The van der Waals surface area contributed by atoms with Crippen LogP contribution < -0.4 is 5.32 Å². The number of rotatable bonds is 6. The molecule has 2 unspecified atom stereocenters. The summed E-state index contributed by atoms with van der Waals surface area (Å²) in [6, 6.07) is 7.84. The minimum Gasteiger partial charge on any atom is -0.339 e. The van der Waals surface area contributed by atoms with Crippen LogP contribution in [0.3, 0.4) is 0 Å². The van der Waals surface area contributed by atoms with E-state index in [1.807, 2.05) is 15.5 Å². The highest BCUT2D eigenvalue weighted by Gasteiger charge is 2.43. The molecule has 0 radical (unpaired) electrons. The van der Waals surface area contributed by atoms with Gasteiger partial charge in [0.2, 0.25) is 11.9 Å². The summed E-state index contributed by atoms with van der Waals surface area (Å²) in [6.45, 7) is 4.90. The Labute approximate surface area is 198 Å². The van der Waals surface area contributed by atoms with Crippen molar-refractivity contribution in [1.82, 2.24) is 14.5 Å². The van der Waals surface area contributed by atoms with Crippen molar-refractivity contribution in [2.75, 3.05) is 18.4 Å². The number of nitrogens with one attached hydrogen (secondary N) is 1. The molecule has 10 heteroatoms. The van der Waals surface area contributed by atoms with E-state index < -0.39 is 12.3 Å². The summed E-state index contributed by atoms with van der Waals surface area (Å²) in [4.78, 5) is 42.5. The molecule has 176 valence electrons. The number of amides is 2. The Kier molecular flexibility index (Phi) is 5.76. The Bertz CT molecular complexity index is 1290. The second-order valence-electron chi connectivity index (χ2n) is 8.72. The van der Waals surface area contributed by atoms with Crippen molar-refractivity contribution in [3.8, 4) is 0 Å². The van der Waals surface area contributed by atoms with Gasteiger partial charge in [-0.15, -0.1) is 11.3 Å². The molecule has 0 bridgehead atoms. The summed E-state index contributed by atoms with van der Waals surface area (Å²) >= 11 is 0.747. The highest BCUT2D eigenvalue weighted by atomic mass is 32.1. The summed E-state index contributed by atoms with van der Waals surface area (Å²) in [7, 11) is 0. The predicted molar refractivity (Wildman–Crippen MR) is 124 cm³/mol. The Balaban J connectivity index is 1.45. The van der Waals surface area contributed by atoms with Gasteiger partial charge in [-0.2, -0.15) is 0 Å². The van der Waals surface area contributed by atoms with E-state index in [0.717, 1.165) is 36.0 Å². The summed E-state index contributed by atoms with van der Waals surface area (Å²) < 4.78 is 27.9. The quantitative estimate of drug-likeness (QED) is 0.406. The molecule has 3 aromatic rings. The van der Waals surface area contributed by atoms with Gasteiger partial charge in [-0.25, -0.2) is 13.8 Å². The average Bonchev–Trinajstić information content (AvgIpc) is 3.58. The average molecular weight is 485 g/mol. The van der Waals surface area contributed by atoms with E-state index >= 15 is 0 Å². The van der Waals surface area contributed by atoms with E-state index in [9.17, 15) is 23.2 Å². The number of hydrogen-bond donors (Lipinski definition) is 1. The van der Waals surface area contributed by atoms with Crippen molar-refractivity contribution in [1.29, 1.82) is 0 Å². The third-order valence-electron chi connectivity index (χ3n) is 6.72. The SMILES string of the molecule is C=CC(=O)N1CC2CC(n3c(NC(=O)c4ccc(C(F)F)s4)nc4cc(C=O)ccc43)CC2C1. The van der Waals surface area contributed by atoms with E-state index in [1.54, 1.807) is 12.1 Å². The number of imidazole rings is 1. The van der Waals surface area contributed by atoms with Crippen molar-refractivity contribution in [2.45, 2.75) is 25.3 Å². The Morgan fingerprint density at radius 2 is 1.91 bits per heavy atom. The zero-order valence-corrected chi connectivity index (χ0v) is 18.9. The predicted octanol–water partition coefficient (Wildman–Crippen LogP) is 4.70. The van der Waals surface area contributed by atoms with Crippen LogP contribution in [0.25, 0.3) is 11.0 Å². The number of alkyl halides is 2. The molecule has 7 nitrogen and oxygen atoms in total. The van der Waals surface area contributed by atoms with Crippen molar-refractivity contribution < 1.29 is 23.2 Å². The molecule has 5 rings (SSSR count). The molecule has 2 aromatic heterocycles. The van der Waals surface area contributed by atoms with Gasteiger partial charge >= 0.3 is 0 Å². The largest absolute Gasteiger partial charge is 0.339 e. The van der Waals surface area contributed by atoms with Crippen LogP contribution in [0.5, 0.6) is 0 Å². The van der Waals surface area contributed by atoms with E-state index in [2.05, 4.69) is 16.9 Å². The number of thiophene rings is 1. The van der Waals surface area contributed by atoms with Gasteiger partial charge in [0.25, 0.3) is 12.3 Å². The van der Waals surface area contributed by atoms with Crippen LogP contribution in [0.1, 0.15) is 50.2 Å². The lowest BCUT2D eigenvalue weighted by Gasteiger charge is -2.21. The molecule has 1 aliphatic carbocycles. The summed E-state index contributed by atoms with van der Waals surface area (Å²) in [5.74, 6) is 0.404. The van der Waals surface area contributed by atoms with E-state index in [1.165, 1.54) is 18.2 Å². The molecule has 2 atom stereocenters. The lowest BCUT2D eigenvalue weighted by Crippen LogP contribution is -2.28. The number of anilines is 1. The fourth-order valence-electron chi connectivity index (χ4n) is 5.19. The van der Waals surface area contributed by atoms with Crippen molar-refractivity contribution in [3.63, 3.8) is 0 Å². The summed E-state index contributed by atoms with van der Waals surface area (Å²) in [5, 5.41) is 2.80. The van der Waals surface area contributed by atoms with Crippen LogP contribution >= 0.6 is 11.3 Å². The number of carbonyl (C=O) groups is 3. The third kappa shape index (κ3) is 3.91. The second-order valence-corrected chi connectivity index (χ2v) is 9.84. The fourth-order valence-corrected chi connectivity index (χ4v) is 5.95. The zero-order chi connectivity index (χ0) is 24.0. The van der Waals surface area contributed by atoms with Crippen molar-refractivity contribution >= 4 is 46.4 Å². The molecule has 3 heterocycles. The molecule has 1 saturated heterocycles. The highest BCUT2D eigenvalue weighted by molar-refractivity contribution is 7.14. The number of likely N-dealkylation sites (tertiary alicyclic amines) is 1. The molecule has 1 N–H and O–H groups in total. The van der Waals surface area contributed by atoms with E-state index in [4.69, 9.17) is 0 Å². The van der Waals surface area contributed by atoms with Crippen molar-refractivity contribution in [2.24, 2.45) is 11.8 Å². The van der Waals surface area contributed by atoms with Gasteiger partial charge in [-0.1, -0.05) is 6.58 Å². The Hall–Kier alpha value is -3.40. The maximum Gasteiger partial charge on any atom is 0.272 e. The number of hydrogen-bond acceptors (Lipinski definition) is 5. The van der Waals surface area contributed by atoms with Crippen LogP contribution in [0.2, 0.25) is 0 Å². The first-order valence-electron chi connectivity index (χ1n) is 11.0. The van der Waals surface area contributed by atoms with Crippen LogP contribution in [0, 0.1) is 11.8 Å². The number of carbonyl (C=O) groups excluding carboxylic acids is 3. The minimum atomic E-state index is -2.64. The van der Waals surface area contributed by atoms with Crippen molar-refractivity contribution in [3.05, 3.63) is 58.3 Å². The van der Waals surface area contributed by atoms with E-state index in [0.29, 0.717) is 42.0 Å². The van der Waals surface area contributed by atoms with Crippen LogP contribution in [-0.4, -0.2) is 45.6 Å². The Morgan fingerprint density at radius 1 is 1.18 bits per heavy atom. The lowest BCUT2D eigenvalue weighted by atomic mass is 10.0. The molecule has 1 saturated carbocycles. The minimum absolute atomic E-state index is 0.0401. The first-order chi connectivity index (χ1) is 16.4. The van der Waals surface area contributed by atoms with Crippen LogP contribution in [-0.2, 0) is 4.79 Å². The maximum atomic E-state index is 13.0. The highest BCUT2D eigenvalue weighted by Crippen LogP contribution is 2.46. The third-order valence-corrected chi connectivity index (χ3v) is 7.81. The Morgan fingerprint density at radius 3 is 2.53 bits per heavy atom. The van der Waals surface area contributed by atoms with Gasteiger partial charge in [0.05, 0.1) is 20.8 Å². The topological polar surface area (TPSA) is 84.3 Å². The normalized spacial score (nSPS) is 21.7. The smallest absolute Gasteiger partial charge is 0.272 e. The fraction of sp³-hybridized carbons (Fsp3) is 0.333. The lowest BCUT2D eigenvalue weighted by molar-refractivity contribution is -0.125. The number of nitrogens with zero attached hydrogens (tertiary/aromatic N) is 3. The van der Waals surface area contributed by atoms with Crippen LogP contribution in [0.4, 0.5) is 14.7 Å². The molecule has 1 aromatic carbocycles. The van der Waals surface area contributed by atoms with E-state index in [-0.39, 0.29) is 21.7 Å². The number of aldehydes is 1.